The van der Waals surface area contributed by atoms with Crippen LogP contribution in [0.15, 0.2) is 55.3 Å². The molecule has 0 aliphatic heterocycles. The number of nitrogens with two attached hydrogens (primary N) is 2. The van der Waals surface area contributed by atoms with E-state index in [2.05, 4.69) is 30.5 Å². The van der Waals surface area contributed by atoms with Crippen LogP contribution in [0.3, 0.4) is 0 Å². The van der Waals surface area contributed by atoms with Crippen LogP contribution in [0.5, 0.6) is 5.75 Å². The topological polar surface area (TPSA) is 162 Å². The van der Waals surface area contributed by atoms with Gasteiger partial charge >= 0.3 is 0 Å². The summed E-state index contributed by atoms with van der Waals surface area (Å²) in [5.41, 5.74) is 10.9. The van der Waals surface area contributed by atoms with Gasteiger partial charge in [-0.15, -0.1) is 9.30 Å². The second-order valence-corrected chi connectivity index (χ2v) is 7.28. The normalized spacial score (nSPS) is 11.4. The number of phenols is 1. The number of guanidine groups is 1. The maximum atomic E-state index is 11.8. The molecule has 0 aromatic heterocycles. The summed E-state index contributed by atoms with van der Waals surface area (Å²) in [7, 11) is -3.96. The summed E-state index contributed by atoms with van der Waals surface area (Å²) >= 11 is 3.21. The molecule has 9 nitrogen and oxygen atoms in total. The molecule has 0 radical (unpaired) electrons. The van der Waals surface area contributed by atoms with Crippen molar-refractivity contribution in [3.05, 3.63) is 51.3 Å². The highest BCUT2D eigenvalue weighted by Gasteiger charge is 2.14. The average molecular weight is 427 g/mol. The summed E-state index contributed by atoms with van der Waals surface area (Å²) in [4.78, 5) is 13.5. The standard InChI is InChI=1S/C14H12BrN5O4S/c15-9-5-8(13(21)12(6-9)19-22)7-18-10-1-3-11(4-2-10)25(23,24)20-14(16)17/h1-7,21H,(H4,16,17,20)/p+1. The number of sulfonamides is 1. The van der Waals surface area contributed by atoms with Crippen molar-refractivity contribution in [1.82, 2.24) is 0 Å². The van der Waals surface area contributed by atoms with Gasteiger partial charge in [-0.1, -0.05) is 15.9 Å². The van der Waals surface area contributed by atoms with Gasteiger partial charge in [0.15, 0.2) is 17.7 Å². The molecule has 0 atom stereocenters. The second-order valence-electron chi connectivity index (χ2n) is 4.76. The van der Waals surface area contributed by atoms with Crippen LogP contribution in [0.1, 0.15) is 5.56 Å². The maximum absolute atomic E-state index is 11.8. The van der Waals surface area contributed by atoms with E-state index in [4.69, 9.17) is 11.5 Å². The summed E-state index contributed by atoms with van der Waals surface area (Å²) in [5, 5.41) is 12.7. The van der Waals surface area contributed by atoms with Gasteiger partial charge in [-0.3, -0.25) is 0 Å². The van der Waals surface area contributed by atoms with Gasteiger partial charge in [0.25, 0.3) is 10.0 Å². The number of nitrogens with one attached hydrogen (secondary N) is 1. The molecule has 6 N–H and O–H groups in total. The summed E-state index contributed by atoms with van der Waals surface area (Å²) in [6.45, 7) is 0. The molecule has 130 valence electrons. The second kappa shape index (κ2) is 7.40. The summed E-state index contributed by atoms with van der Waals surface area (Å²) in [6.07, 6.45) is 1.44. The van der Waals surface area contributed by atoms with Crippen molar-refractivity contribution in [2.45, 2.75) is 4.90 Å². The molecule has 0 aliphatic carbocycles. The Morgan fingerprint density at radius 1 is 1.20 bits per heavy atom. The van der Waals surface area contributed by atoms with Gasteiger partial charge in [-0.25, -0.2) is 4.99 Å². The molecule has 25 heavy (non-hydrogen) atoms. The fraction of sp³-hybridized carbons (Fsp3) is 0. The van der Waals surface area contributed by atoms with Gasteiger partial charge in [-0.2, -0.15) is 8.42 Å². The molecule has 2 rings (SSSR count). The molecule has 0 aliphatic rings. The van der Waals surface area contributed by atoms with E-state index in [0.29, 0.717) is 15.7 Å². The highest BCUT2D eigenvalue weighted by atomic mass is 79.9. The number of hydrogen-bond donors (Lipinski definition) is 4. The molecule has 0 saturated carbocycles. The Labute approximate surface area is 151 Å². The number of nitroso groups, excluding NO2 is 1. The van der Waals surface area contributed by atoms with Crippen LogP contribution in [0.4, 0.5) is 11.4 Å². The Bertz CT molecular complexity index is 967. The van der Waals surface area contributed by atoms with Crippen molar-refractivity contribution in [2.75, 3.05) is 0 Å². The van der Waals surface area contributed by atoms with E-state index >= 15 is 0 Å². The van der Waals surface area contributed by atoms with E-state index in [9.17, 15) is 18.4 Å². The lowest BCUT2D eigenvalue weighted by Gasteiger charge is -2.00. The van der Waals surface area contributed by atoms with Crippen molar-refractivity contribution < 1.29 is 18.5 Å². The minimum Gasteiger partial charge on any atom is -0.505 e. The fourth-order valence-corrected chi connectivity index (χ4v) is 3.19. The van der Waals surface area contributed by atoms with E-state index in [1.165, 1.54) is 36.5 Å². The monoisotopic (exact) mass is 426 g/mol. The fourth-order valence-electron chi connectivity index (χ4n) is 1.86. The number of rotatable bonds is 5. The summed E-state index contributed by atoms with van der Waals surface area (Å²) in [6, 6.07) is 8.56. The van der Waals surface area contributed by atoms with E-state index in [1.807, 2.05) is 0 Å². The third-order valence-electron chi connectivity index (χ3n) is 2.95. The maximum Gasteiger partial charge on any atom is 0.285 e. The van der Waals surface area contributed by atoms with Crippen LogP contribution in [-0.4, -0.2) is 25.7 Å². The molecule has 0 spiro atoms. The molecule has 11 heteroatoms. The SMILES string of the molecule is NC(N)=NS(=O)(=O)c1ccc([NH+]=Cc2cc(Br)cc(N=O)c2O)cc1. The molecular formula is C14H13BrN5O4S+. The third kappa shape index (κ3) is 4.61. The van der Waals surface area contributed by atoms with Crippen LogP contribution in [0.25, 0.3) is 0 Å². The molecule has 2 aromatic carbocycles. The van der Waals surface area contributed by atoms with Gasteiger partial charge in [0, 0.05) is 16.6 Å². The number of phenolic OH excluding ortho intramolecular Hbond substituents is 1. The van der Waals surface area contributed by atoms with Crippen LogP contribution >= 0.6 is 15.9 Å². The van der Waals surface area contributed by atoms with Gasteiger partial charge < -0.3 is 16.6 Å². The summed E-state index contributed by atoms with van der Waals surface area (Å²) in [5.74, 6) is -0.835. The average Bonchev–Trinajstić information content (AvgIpc) is 2.54. The van der Waals surface area contributed by atoms with E-state index in [-0.39, 0.29) is 16.3 Å². The molecular weight excluding hydrogens is 414 g/mol. The zero-order valence-electron chi connectivity index (χ0n) is 12.5. The molecule has 0 unspecified atom stereocenters. The lowest BCUT2D eigenvalue weighted by Crippen LogP contribution is -2.61. The number of halogens is 1. The molecule has 0 bridgehead atoms. The van der Waals surface area contributed by atoms with Crippen LogP contribution in [-0.2, 0) is 10.0 Å². The molecule has 0 saturated heterocycles. The lowest BCUT2D eigenvalue weighted by molar-refractivity contribution is -0.346. The first-order chi connectivity index (χ1) is 11.7. The van der Waals surface area contributed by atoms with Gasteiger partial charge in [0.05, 0.1) is 10.5 Å². The summed E-state index contributed by atoms with van der Waals surface area (Å²) < 4.78 is 27.4. The predicted molar refractivity (Wildman–Crippen MR) is 96.5 cm³/mol. The van der Waals surface area contributed by atoms with Crippen LogP contribution < -0.4 is 16.5 Å². The Morgan fingerprint density at radius 3 is 2.40 bits per heavy atom. The number of hydrogen-bond acceptors (Lipinski definition) is 5. The van der Waals surface area contributed by atoms with Gasteiger partial charge in [0.1, 0.15) is 0 Å². The van der Waals surface area contributed by atoms with Crippen molar-refractivity contribution in [3.8, 4) is 5.75 Å². The Hall–Kier alpha value is -2.79. The Kier molecular flexibility index (Phi) is 5.49. The Morgan fingerprint density at radius 2 is 1.84 bits per heavy atom. The van der Waals surface area contributed by atoms with Gasteiger partial charge in [-0.05, 0) is 29.4 Å². The highest BCUT2D eigenvalue weighted by Crippen LogP contribution is 2.32. The smallest absolute Gasteiger partial charge is 0.285 e. The van der Waals surface area contributed by atoms with Crippen molar-refractivity contribution in [2.24, 2.45) is 21.0 Å². The zero-order chi connectivity index (χ0) is 18.6. The number of benzene rings is 2. The molecule has 0 heterocycles. The van der Waals surface area contributed by atoms with Crippen molar-refractivity contribution in [1.29, 1.82) is 0 Å². The Balaban J connectivity index is 2.31. The first-order valence-corrected chi connectivity index (χ1v) is 8.88. The van der Waals surface area contributed by atoms with Crippen molar-refractivity contribution in [3.63, 3.8) is 0 Å². The van der Waals surface area contributed by atoms with Crippen LogP contribution in [0, 0.1) is 4.91 Å². The third-order valence-corrected chi connectivity index (χ3v) is 4.73. The molecule has 2 aromatic rings. The van der Waals surface area contributed by atoms with Gasteiger partial charge in [0.2, 0.25) is 11.6 Å². The van der Waals surface area contributed by atoms with E-state index < -0.39 is 16.0 Å². The van der Waals surface area contributed by atoms with Crippen molar-refractivity contribution >= 4 is 49.5 Å². The molecule has 0 fully saturated rings. The minimum atomic E-state index is -3.96. The molecule has 0 amide bonds. The van der Waals surface area contributed by atoms with E-state index in [0.717, 1.165) is 0 Å². The first-order valence-electron chi connectivity index (χ1n) is 6.64. The largest absolute Gasteiger partial charge is 0.505 e. The number of nitrogens with zero attached hydrogens (tertiary/aromatic N) is 2. The zero-order valence-corrected chi connectivity index (χ0v) is 15.0. The number of aromatic hydroxyl groups is 1. The van der Waals surface area contributed by atoms with Crippen LogP contribution in [0.2, 0.25) is 0 Å². The predicted octanol–water partition coefficient (Wildman–Crippen LogP) is 0.346. The lowest BCUT2D eigenvalue weighted by atomic mass is 10.2. The first kappa shape index (κ1) is 18.5. The highest BCUT2D eigenvalue weighted by molar-refractivity contribution is 9.10. The quantitative estimate of drug-likeness (QED) is 0.306. The minimum absolute atomic E-state index is 0.0795. The van der Waals surface area contributed by atoms with E-state index in [1.54, 1.807) is 6.07 Å².